The first-order chi connectivity index (χ1) is 17.8. The molecule has 6 heteroatoms. The van der Waals surface area contributed by atoms with Crippen molar-refractivity contribution in [1.82, 2.24) is 5.01 Å². The molecule has 37 heavy (non-hydrogen) atoms. The molecule has 0 N–H and O–H groups in total. The Morgan fingerprint density at radius 3 is 1.68 bits per heavy atom. The van der Waals surface area contributed by atoms with E-state index < -0.39 is 11.8 Å². The van der Waals surface area contributed by atoms with Crippen LogP contribution in [0.5, 0.6) is 11.5 Å². The molecule has 1 saturated heterocycles. The normalized spacial score (nSPS) is 23.6. The van der Waals surface area contributed by atoms with Crippen molar-refractivity contribution in [3.8, 4) is 11.5 Å². The van der Waals surface area contributed by atoms with E-state index >= 15 is 0 Å². The lowest BCUT2D eigenvalue weighted by atomic mass is 9.55. The smallest absolute Gasteiger partial charge is 0.254 e. The number of hydrazone groups is 1. The average molecular weight is 495 g/mol. The molecule has 3 aromatic carbocycles. The summed E-state index contributed by atoms with van der Waals surface area (Å²) in [6.07, 6.45) is 1.51. The number of imide groups is 1. The van der Waals surface area contributed by atoms with Crippen LogP contribution in [0, 0.1) is 11.8 Å². The van der Waals surface area contributed by atoms with Crippen LogP contribution in [-0.4, -0.2) is 35.2 Å². The molecule has 0 aromatic heterocycles. The zero-order valence-electron chi connectivity index (χ0n) is 21.4. The third kappa shape index (κ3) is 3.74. The zero-order valence-corrected chi connectivity index (χ0v) is 21.4. The van der Waals surface area contributed by atoms with Crippen LogP contribution in [0.15, 0.2) is 71.8 Å². The van der Waals surface area contributed by atoms with E-state index in [0.29, 0.717) is 17.1 Å². The van der Waals surface area contributed by atoms with Crippen LogP contribution >= 0.6 is 0 Å². The van der Waals surface area contributed by atoms with Gasteiger partial charge in [0.2, 0.25) is 0 Å². The molecule has 2 bridgehead atoms. The molecular formula is C31H30N2O4. The van der Waals surface area contributed by atoms with Gasteiger partial charge < -0.3 is 9.47 Å². The van der Waals surface area contributed by atoms with Gasteiger partial charge in [-0.2, -0.15) is 10.1 Å². The predicted molar refractivity (Wildman–Crippen MR) is 141 cm³/mol. The summed E-state index contributed by atoms with van der Waals surface area (Å²) in [6.45, 7) is 7.82. The van der Waals surface area contributed by atoms with E-state index in [0.717, 1.165) is 27.3 Å². The van der Waals surface area contributed by atoms with Crippen molar-refractivity contribution in [1.29, 1.82) is 0 Å². The summed E-state index contributed by atoms with van der Waals surface area (Å²) >= 11 is 0. The van der Waals surface area contributed by atoms with Gasteiger partial charge in [-0.25, -0.2) is 0 Å². The Morgan fingerprint density at radius 2 is 1.22 bits per heavy atom. The van der Waals surface area contributed by atoms with Gasteiger partial charge in [-0.15, -0.1) is 0 Å². The summed E-state index contributed by atoms with van der Waals surface area (Å²) < 4.78 is 11.8. The minimum Gasteiger partial charge on any atom is -0.491 e. The lowest BCUT2D eigenvalue weighted by Gasteiger charge is -2.45. The van der Waals surface area contributed by atoms with Gasteiger partial charge in [0.1, 0.15) is 11.5 Å². The predicted octanol–water partition coefficient (Wildman–Crippen LogP) is 5.49. The van der Waals surface area contributed by atoms with E-state index in [1.54, 1.807) is 6.21 Å². The van der Waals surface area contributed by atoms with E-state index in [4.69, 9.17) is 9.47 Å². The van der Waals surface area contributed by atoms with Gasteiger partial charge >= 0.3 is 0 Å². The molecule has 6 nitrogen and oxygen atoms in total. The topological polar surface area (TPSA) is 68.2 Å². The second-order valence-electron chi connectivity index (χ2n) is 10.5. The summed E-state index contributed by atoms with van der Waals surface area (Å²) in [5.74, 6) is -0.395. The Bertz CT molecular complexity index is 1310. The summed E-state index contributed by atoms with van der Waals surface area (Å²) in [5.41, 5.74) is 5.26. The van der Waals surface area contributed by atoms with Crippen molar-refractivity contribution in [3.05, 3.63) is 94.5 Å². The molecule has 0 spiro atoms. The first-order valence-electron chi connectivity index (χ1n) is 12.9. The Labute approximate surface area is 216 Å². The van der Waals surface area contributed by atoms with Crippen molar-refractivity contribution in [2.75, 3.05) is 0 Å². The minimum atomic E-state index is -0.451. The van der Waals surface area contributed by atoms with Crippen LogP contribution in [0.4, 0.5) is 0 Å². The fraction of sp³-hybridized carbons (Fsp3) is 0.323. The lowest BCUT2D eigenvalue weighted by Crippen LogP contribution is -2.41. The van der Waals surface area contributed by atoms with E-state index in [-0.39, 0.29) is 35.9 Å². The van der Waals surface area contributed by atoms with Crippen LogP contribution in [0.25, 0.3) is 0 Å². The largest absolute Gasteiger partial charge is 0.491 e. The number of carbonyl (C=O) groups is 2. The molecule has 3 aromatic rings. The monoisotopic (exact) mass is 494 g/mol. The molecule has 3 aliphatic carbocycles. The van der Waals surface area contributed by atoms with Gasteiger partial charge in [0.25, 0.3) is 11.8 Å². The summed E-state index contributed by atoms with van der Waals surface area (Å²) in [7, 11) is 0. The van der Waals surface area contributed by atoms with Crippen molar-refractivity contribution in [2.45, 2.75) is 51.7 Å². The number of carbonyl (C=O) groups excluding carboxylic acids is 2. The molecule has 4 aliphatic rings. The van der Waals surface area contributed by atoms with E-state index in [1.807, 2.05) is 70.2 Å². The number of ether oxygens (including phenoxy) is 2. The maximum Gasteiger partial charge on any atom is 0.254 e. The second-order valence-corrected chi connectivity index (χ2v) is 10.5. The molecule has 1 fully saturated rings. The first kappa shape index (κ1) is 23.5. The molecule has 0 radical (unpaired) electrons. The standard InChI is InChI=1S/C31H30N2O4/c1-17(2)36-20-14-13-19(25(15-20)37-18(3)4)16-32-33-30(34)28-26-21-9-5-6-10-22(21)27(29(28)31(33)35)24-12-8-7-11-23(24)26/h5-18,26-29H,1-4H3/b32-16-/t26?,27?,28-,29-/m0/s1. The van der Waals surface area contributed by atoms with Gasteiger partial charge in [-0.1, -0.05) is 48.5 Å². The fourth-order valence-electron chi connectivity index (χ4n) is 6.22. The highest BCUT2D eigenvalue weighted by atomic mass is 16.5. The van der Waals surface area contributed by atoms with Gasteiger partial charge in [0.05, 0.1) is 30.3 Å². The molecule has 2 amide bonds. The SMILES string of the molecule is CC(C)Oc1ccc(/C=N\N2C(=O)[C@H]3C4c5ccccc5C(c5ccccc54)[C@@H]3C2=O)c(OC(C)C)c1. The Kier molecular flexibility index (Phi) is 5.63. The van der Waals surface area contributed by atoms with Crippen LogP contribution in [0.1, 0.15) is 67.3 Å². The van der Waals surface area contributed by atoms with Crippen LogP contribution in [-0.2, 0) is 9.59 Å². The van der Waals surface area contributed by atoms with Gasteiger partial charge in [-0.3, -0.25) is 9.59 Å². The van der Waals surface area contributed by atoms with Gasteiger partial charge in [-0.05, 0) is 62.1 Å². The van der Waals surface area contributed by atoms with Gasteiger partial charge in [0, 0.05) is 23.5 Å². The maximum absolute atomic E-state index is 13.8. The quantitative estimate of drug-likeness (QED) is 0.336. The summed E-state index contributed by atoms with van der Waals surface area (Å²) in [6, 6.07) is 21.9. The van der Waals surface area contributed by atoms with Crippen LogP contribution in [0.3, 0.4) is 0 Å². The number of rotatable bonds is 6. The van der Waals surface area contributed by atoms with E-state index in [2.05, 4.69) is 29.4 Å². The highest BCUT2D eigenvalue weighted by Crippen LogP contribution is 2.60. The summed E-state index contributed by atoms with van der Waals surface area (Å²) in [4.78, 5) is 27.5. The minimum absolute atomic E-state index is 0.0261. The summed E-state index contributed by atoms with van der Waals surface area (Å²) in [5, 5.41) is 5.54. The highest BCUT2D eigenvalue weighted by Gasteiger charge is 2.61. The third-order valence-corrected chi connectivity index (χ3v) is 7.46. The van der Waals surface area contributed by atoms with E-state index in [9.17, 15) is 9.59 Å². The van der Waals surface area contributed by atoms with Crippen molar-refractivity contribution in [2.24, 2.45) is 16.9 Å². The second kappa shape index (κ2) is 8.87. The van der Waals surface area contributed by atoms with Crippen molar-refractivity contribution >= 4 is 18.0 Å². The molecule has 1 aliphatic heterocycles. The number of nitrogens with zero attached hydrogens (tertiary/aromatic N) is 2. The number of hydrogen-bond donors (Lipinski definition) is 0. The average Bonchev–Trinajstić information content (AvgIpc) is 3.13. The Balaban J connectivity index is 1.36. The van der Waals surface area contributed by atoms with Crippen LogP contribution in [0.2, 0.25) is 0 Å². The van der Waals surface area contributed by atoms with Crippen molar-refractivity contribution in [3.63, 3.8) is 0 Å². The fourth-order valence-corrected chi connectivity index (χ4v) is 6.22. The van der Waals surface area contributed by atoms with Crippen molar-refractivity contribution < 1.29 is 19.1 Å². The maximum atomic E-state index is 13.8. The first-order valence-corrected chi connectivity index (χ1v) is 12.9. The molecular weight excluding hydrogens is 464 g/mol. The molecule has 2 atom stereocenters. The molecule has 0 saturated carbocycles. The van der Waals surface area contributed by atoms with Crippen LogP contribution < -0.4 is 9.47 Å². The Hall–Kier alpha value is -3.93. The molecule has 7 rings (SSSR count). The molecule has 188 valence electrons. The zero-order chi connectivity index (χ0) is 25.8. The number of amides is 2. The number of hydrogen-bond acceptors (Lipinski definition) is 5. The molecule has 1 heterocycles. The van der Waals surface area contributed by atoms with E-state index in [1.165, 1.54) is 0 Å². The number of benzene rings is 3. The Morgan fingerprint density at radius 1 is 0.730 bits per heavy atom. The third-order valence-electron chi connectivity index (χ3n) is 7.46. The van der Waals surface area contributed by atoms with Gasteiger partial charge in [0.15, 0.2) is 0 Å². The highest BCUT2D eigenvalue weighted by molar-refractivity contribution is 6.08. The molecule has 0 unspecified atom stereocenters. The lowest BCUT2D eigenvalue weighted by molar-refractivity contribution is -0.139.